The van der Waals surface area contributed by atoms with Gasteiger partial charge in [0, 0.05) is 0 Å². The molecule has 1 N–H and O–H groups in total. The van der Waals surface area contributed by atoms with Gasteiger partial charge in [0.1, 0.15) is 6.61 Å². The quantitative estimate of drug-likeness (QED) is 0.499. The highest BCUT2D eigenvalue weighted by atomic mass is 16.5. The van der Waals surface area contributed by atoms with Crippen LogP contribution < -0.4 is 15.1 Å². The fourth-order valence-corrected chi connectivity index (χ4v) is 2.60. The molecule has 0 unspecified atom stereocenters. The molecule has 0 amide bonds. The van der Waals surface area contributed by atoms with Crippen LogP contribution in [0.25, 0.3) is 11.0 Å². The van der Waals surface area contributed by atoms with E-state index >= 15 is 0 Å². The van der Waals surface area contributed by atoms with E-state index in [1.54, 1.807) is 12.1 Å². The average molecular weight is 372 g/mol. The minimum Gasteiger partial charge on any atom is -0.504 e. The molecule has 5 heteroatoms. The highest BCUT2D eigenvalue weighted by molar-refractivity contribution is 5.89. The molecule has 2 aromatic rings. The summed E-state index contributed by atoms with van der Waals surface area (Å²) in [4.78, 5) is 12.4. The summed E-state index contributed by atoms with van der Waals surface area (Å²) in [5.74, 6) is 0.206. The van der Waals surface area contributed by atoms with Gasteiger partial charge in [-0.25, -0.2) is 4.79 Å². The van der Waals surface area contributed by atoms with Gasteiger partial charge in [0.05, 0.1) is 11.5 Å². The van der Waals surface area contributed by atoms with Gasteiger partial charge in [-0.15, -0.1) is 0 Å². The van der Waals surface area contributed by atoms with E-state index in [0.717, 1.165) is 12.8 Å². The van der Waals surface area contributed by atoms with E-state index in [4.69, 9.17) is 13.9 Å². The Morgan fingerprint density at radius 1 is 1.19 bits per heavy atom. The van der Waals surface area contributed by atoms with Crippen molar-refractivity contribution in [3.8, 4) is 17.2 Å². The fraction of sp³-hybridized carbons (Fsp3) is 0.409. The minimum absolute atomic E-state index is 0.0233. The van der Waals surface area contributed by atoms with E-state index in [-0.39, 0.29) is 29.8 Å². The van der Waals surface area contributed by atoms with E-state index in [0.29, 0.717) is 11.1 Å². The van der Waals surface area contributed by atoms with Crippen LogP contribution in [0.4, 0.5) is 0 Å². The third kappa shape index (κ3) is 5.64. The van der Waals surface area contributed by atoms with Gasteiger partial charge < -0.3 is 19.0 Å². The summed E-state index contributed by atoms with van der Waals surface area (Å²) in [5, 5.41) is 10.5. The SMILES string of the molecule is CC(C)=CCCC(C)=CCOc1c(OC(C)C)c2cccc(O)c2oc1=O. The Kier molecular flexibility index (Phi) is 7.11. The molecule has 0 saturated carbocycles. The van der Waals surface area contributed by atoms with Gasteiger partial charge in [-0.2, -0.15) is 0 Å². The number of para-hydroxylation sites is 1. The highest BCUT2D eigenvalue weighted by Crippen LogP contribution is 2.36. The van der Waals surface area contributed by atoms with Crippen molar-refractivity contribution >= 4 is 11.0 Å². The van der Waals surface area contributed by atoms with Crippen molar-refractivity contribution in [1.82, 2.24) is 0 Å². The average Bonchev–Trinajstić information content (AvgIpc) is 2.57. The molecule has 27 heavy (non-hydrogen) atoms. The molecule has 0 saturated heterocycles. The van der Waals surface area contributed by atoms with Gasteiger partial charge in [-0.3, -0.25) is 0 Å². The van der Waals surface area contributed by atoms with Crippen LogP contribution in [0.5, 0.6) is 17.2 Å². The van der Waals surface area contributed by atoms with Crippen molar-refractivity contribution in [2.45, 2.75) is 53.6 Å². The predicted octanol–water partition coefficient (Wildman–Crippen LogP) is 5.36. The summed E-state index contributed by atoms with van der Waals surface area (Å²) in [6.07, 6.45) is 5.89. The Hall–Kier alpha value is -2.69. The number of rotatable bonds is 8. The maximum Gasteiger partial charge on any atom is 0.383 e. The van der Waals surface area contributed by atoms with Crippen LogP contribution in [0.15, 0.2) is 50.7 Å². The van der Waals surface area contributed by atoms with Gasteiger partial charge in [0.25, 0.3) is 0 Å². The standard InChI is InChI=1S/C22H28O5/c1-14(2)8-6-9-16(5)12-13-25-21-20(26-15(3)4)17-10-7-11-18(23)19(17)27-22(21)24/h7-8,10-12,15,23H,6,9,13H2,1-5H3. The molecule has 0 spiro atoms. The molecular weight excluding hydrogens is 344 g/mol. The first-order valence-electron chi connectivity index (χ1n) is 9.16. The van der Waals surface area contributed by atoms with Crippen LogP contribution >= 0.6 is 0 Å². The second-order valence-corrected chi connectivity index (χ2v) is 7.05. The van der Waals surface area contributed by atoms with E-state index in [1.165, 1.54) is 17.2 Å². The van der Waals surface area contributed by atoms with E-state index in [9.17, 15) is 9.90 Å². The number of fused-ring (bicyclic) bond motifs is 1. The molecule has 2 rings (SSSR count). The lowest BCUT2D eigenvalue weighted by atomic mass is 10.1. The lowest BCUT2D eigenvalue weighted by Crippen LogP contribution is -2.14. The molecule has 0 aliphatic heterocycles. The maximum atomic E-state index is 12.4. The predicted molar refractivity (Wildman–Crippen MR) is 108 cm³/mol. The van der Waals surface area contributed by atoms with Crippen LogP contribution in [-0.2, 0) is 0 Å². The molecular formula is C22H28O5. The number of aromatic hydroxyl groups is 1. The Balaban J connectivity index is 2.28. The van der Waals surface area contributed by atoms with Gasteiger partial charge in [-0.05, 0) is 65.7 Å². The second-order valence-electron chi connectivity index (χ2n) is 7.05. The second kappa shape index (κ2) is 9.31. The molecule has 5 nitrogen and oxygen atoms in total. The smallest absolute Gasteiger partial charge is 0.383 e. The number of allylic oxidation sites excluding steroid dienone is 3. The highest BCUT2D eigenvalue weighted by Gasteiger charge is 2.20. The molecule has 1 aromatic carbocycles. The first-order valence-corrected chi connectivity index (χ1v) is 9.16. The Bertz CT molecular complexity index is 899. The van der Waals surface area contributed by atoms with Crippen molar-refractivity contribution in [3.05, 3.63) is 51.9 Å². The van der Waals surface area contributed by atoms with Crippen molar-refractivity contribution in [2.75, 3.05) is 6.61 Å². The summed E-state index contributed by atoms with van der Waals surface area (Å²) < 4.78 is 16.8. The number of phenols is 1. The number of hydrogen-bond acceptors (Lipinski definition) is 5. The first kappa shape index (κ1) is 20.6. The minimum atomic E-state index is -0.671. The topological polar surface area (TPSA) is 68.9 Å². The summed E-state index contributed by atoms with van der Waals surface area (Å²) in [6, 6.07) is 4.86. The van der Waals surface area contributed by atoms with Crippen molar-refractivity contribution < 1.29 is 19.0 Å². The van der Waals surface area contributed by atoms with Crippen LogP contribution in [0.3, 0.4) is 0 Å². The zero-order valence-corrected chi connectivity index (χ0v) is 16.7. The number of hydrogen-bond donors (Lipinski definition) is 1. The normalized spacial score (nSPS) is 11.7. The zero-order chi connectivity index (χ0) is 20.0. The third-order valence-electron chi connectivity index (χ3n) is 3.93. The largest absolute Gasteiger partial charge is 0.504 e. The molecule has 0 radical (unpaired) electrons. The Labute approximate surface area is 159 Å². The first-order chi connectivity index (χ1) is 12.8. The molecule has 146 valence electrons. The molecule has 0 fully saturated rings. The lowest BCUT2D eigenvalue weighted by Gasteiger charge is -2.15. The third-order valence-corrected chi connectivity index (χ3v) is 3.93. The molecule has 0 atom stereocenters. The lowest BCUT2D eigenvalue weighted by molar-refractivity contribution is 0.224. The Morgan fingerprint density at radius 3 is 2.59 bits per heavy atom. The number of phenolic OH excluding ortho intramolecular Hbond substituents is 1. The molecule has 0 aliphatic carbocycles. The van der Waals surface area contributed by atoms with Gasteiger partial charge in [0.15, 0.2) is 17.1 Å². The summed E-state index contributed by atoms with van der Waals surface area (Å²) in [5.41, 5.74) is 1.90. The molecule has 0 aliphatic rings. The van der Waals surface area contributed by atoms with Crippen LogP contribution in [0.2, 0.25) is 0 Å². The van der Waals surface area contributed by atoms with Gasteiger partial charge >= 0.3 is 5.63 Å². The maximum absolute atomic E-state index is 12.4. The number of ether oxygens (including phenoxy) is 2. The molecule has 1 heterocycles. The number of benzene rings is 1. The summed E-state index contributed by atoms with van der Waals surface area (Å²) >= 11 is 0. The van der Waals surface area contributed by atoms with Crippen molar-refractivity contribution in [2.24, 2.45) is 0 Å². The van der Waals surface area contributed by atoms with Gasteiger partial charge in [-0.1, -0.05) is 23.3 Å². The molecule has 0 bridgehead atoms. The zero-order valence-electron chi connectivity index (χ0n) is 16.7. The summed E-state index contributed by atoms with van der Waals surface area (Å²) in [7, 11) is 0. The van der Waals surface area contributed by atoms with E-state index in [2.05, 4.69) is 19.9 Å². The van der Waals surface area contributed by atoms with E-state index in [1.807, 2.05) is 26.8 Å². The van der Waals surface area contributed by atoms with Crippen LogP contribution in [-0.4, -0.2) is 17.8 Å². The van der Waals surface area contributed by atoms with Crippen LogP contribution in [0, 0.1) is 0 Å². The van der Waals surface area contributed by atoms with Crippen LogP contribution in [0.1, 0.15) is 47.5 Å². The monoisotopic (exact) mass is 372 g/mol. The Morgan fingerprint density at radius 2 is 1.93 bits per heavy atom. The fourth-order valence-electron chi connectivity index (χ4n) is 2.60. The van der Waals surface area contributed by atoms with E-state index < -0.39 is 5.63 Å². The van der Waals surface area contributed by atoms with Crippen molar-refractivity contribution in [1.29, 1.82) is 0 Å². The van der Waals surface area contributed by atoms with Crippen molar-refractivity contribution in [3.63, 3.8) is 0 Å². The van der Waals surface area contributed by atoms with Gasteiger partial charge in [0.2, 0.25) is 5.75 Å². The summed E-state index contributed by atoms with van der Waals surface area (Å²) in [6.45, 7) is 10.2. The molecule has 1 aromatic heterocycles.